The lowest BCUT2D eigenvalue weighted by atomic mass is 10.1. The molecule has 2 amide bonds. The first kappa shape index (κ1) is 21.8. The third-order valence-corrected chi connectivity index (χ3v) is 5.31. The van der Waals surface area contributed by atoms with Gasteiger partial charge in [0, 0.05) is 31.2 Å². The second-order valence-electron chi connectivity index (χ2n) is 7.70. The number of anilines is 1. The van der Waals surface area contributed by atoms with Gasteiger partial charge in [0.1, 0.15) is 18.2 Å². The second kappa shape index (κ2) is 10.2. The van der Waals surface area contributed by atoms with Crippen LogP contribution >= 0.6 is 0 Å². The van der Waals surface area contributed by atoms with E-state index in [2.05, 4.69) is 10.6 Å². The molecule has 1 unspecified atom stereocenters. The summed E-state index contributed by atoms with van der Waals surface area (Å²) in [6.07, 6.45) is 1.96. The summed E-state index contributed by atoms with van der Waals surface area (Å²) in [7, 11) is 0. The standard InChI is InChI=1S/C25H25FN2O4/c26-20-9-10-23(32-16-21-6-3-13-31-21)22(15-20)28-24(29)11-12-27-25(30)19-8-7-17-4-1-2-5-18(17)14-19/h1-2,4-5,7-10,14-15,21H,3,6,11-13,16H2,(H,27,30)(H,28,29). The highest BCUT2D eigenvalue weighted by Crippen LogP contribution is 2.26. The van der Waals surface area contributed by atoms with E-state index >= 15 is 0 Å². The topological polar surface area (TPSA) is 76.7 Å². The minimum Gasteiger partial charge on any atom is -0.489 e. The van der Waals surface area contributed by atoms with Crippen LogP contribution in [0.2, 0.25) is 0 Å². The van der Waals surface area contributed by atoms with Crippen LogP contribution in [0.15, 0.2) is 60.7 Å². The summed E-state index contributed by atoms with van der Waals surface area (Å²) in [5.74, 6) is -0.698. The number of hydrogen-bond acceptors (Lipinski definition) is 4. The van der Waals surface area contributed by atoms with Gasteiger partial charge in [-0.1, -0.05) is 30.3 Å². The van der Waals surface area contributed by atoms with E-state index in [9.17, 15) is 14.0 Å². The number of rotatable bonds is 8. The normalized spacial score (nSPS) is 15.5. The predicted octanol–water partition coefficient (Wildman–Crippen LogP) is 4.30. The van der Waals surface area contributed by atoms with Gasteiger partial charge in [0.15, 0.2) is 0 Å². The Morgan fingerprint density at radius 1 is 1.06 bits per heavy atom. The van der Waals surface area contributed by atoms with Crippen molar-refractivity contribution >= 4 is 28.3 Å². The van der Waals surface area contributed by atoms with Crippen LogP contribution in [0, 0.1) is 5.82 Å². The van der Waals surface area contributed by atoms with Crippen molar-refractivity contribution in [3.63, 3.8) is 0 Å². The number of ether oxygens (including phenoxy) is 2. The lowest BCUT2D eigenvalue weighted by Crippen LogP contribution is -2.27. The van der Waals surface area contributed by atoms with Gasteiger partial charge in [0.25, 0.3) is 5.91 Å². The van der Waals surface area contributed by atoms with E-state index in [0.29, 0.717) is 24.5 Å². The molecule has 1 atom stereocenters. The minimum absolute atomic E-state index is 0.00826. The van der Waals surface area contributed by atoms with Gasteiger partial charge in [0.05, 0.1) is 11.8 Å². The highest BCUT2D eigenvalue weighted by atomic mass is 19.1. The highest BCUT2D eigenvalue weighted by molar-refractivity contribution is 5.99. The van der Waals surface area contributed by atoms with E-state index < -0.39 is 5.82 Å². The van der Waals surface area contributed by atoms with Gasteiger partial charge in [-0.2, -0.15) is 0 Å². The van der Waals surface area contributed by atoms with Gasteiger partial charge in [-0.25, -0.2) is 4.39 Å². The smallest absolute Gasteiger partial charge is 0.251 e. The van der Waals surface area contributed by atoms with Gasteiger partial charge in [-0.05, 0) is 47.9 Å². The second-order valence-corrected chi connectivity index (χ2v) is 7.70. The van der Waals surface area contributed by atoms with Gasteiger partial charge in [-0.15, -0.1) is 0 Å². The molecule has 32 heavy (non-hydrogen) atoms. The molecule has 3 aromatic carbocycles. The van der Waals surface area contributed by atoms with Crippen molar-refractivity contribution in [1.82, 2.24) is 5.32 Å². The molecule has 0 spiro atoms. The first-order valence-electron chi connectivity index (χ1n) is 10.7. The van der Waals surface area contributed by atoms with Crippen molar-refractivity contribution in [1.29, 1.82) is 0 Å². The summed E-state index contributed by atoms with van der Waals surface area (Å²) >= 11 is 0. The number of benzene rings is 3. The lowest BCUT2D eigenvalue weighted by Gasteiger charge is -2.15. The average Bonchev–Trinajstić information content (AvgIpc) is 3.32. The molecule has 1 heterocycles. The average molecular weight is 436 g/mol. The summed E-state index contributed by atoms with van der Waals surface area (Å²) in [4.78, 5) is 24.8. The molecule has 0 aromatic heterocycles. The van der Waals surface area contributed by atoms with E-state index in [1.807, 2.05) is 36.4 Å². The molecule has 166 valence electrons. The molecular weight excluding hydrogens is 411 g/mol. The molecule has 4 rings (SSSR count). The Balaban J connectivity index is 1.29. The molecule has 0 aliphatic carbocycles. The number of halogens is 1. The Hall–Kier alpha value is -3.45. The molecule has 1 aliphatic heterocycles. The fourth-order valence-electron chi connectivity index (χ4n) is 3.62. The van der Waals surface area contributed by atoms with Crippen LogP contribution in [-0.2, 0) is 9.53 Å². The number of fused-ring (bicyclic) bond motifs is 1. The third kappa shape index (κ3) is 5.62. The Bertz CT molecular complexity index is 1110. The Labute approximate surface area is 185 Å². The molecule has 3 aromatic rings. The first-order chi connectivity index (χ1) is 15.6. The van der Waals surface area contributed by atoms with E-state index in [1.54, 1.807) is 6.07 Å². The highest BCUT2D eigenvalue weighted by Gasteiger charge is 2.17. The zero-order valence-electron chi connectivity index (χ0n) is 17.6. The maximum Gasteiger partial charge on any atom is 0.251 e. The molecule has 7 heteroatoms. The van der Waals surface area contributed by atoms with Crippen LogP contribution in [0.4, 0.5) is 10.1 Å². The van der Waals surface area contributed by atoms with Crippen molar-refractivity contribution in [3.05, 3.63) is 72.0 Å². The van der Waals surface area contributed by atoms with Gasteiger partial charge in [0.2, 0.25) is 5.91 Å². The zero-order chi connectivity index (χ0) is 22.3. The summed E-state index contributed by atoms with van der Waals surface area (Å²) in [5.41, 5.74) is 0.785. The predicted molar refractivity (Wildman–Crippen MR) is 120 cm³/mol. The zero-order valence-corrected chi connectivity index (χ0v) is 17.6. The maximum absolute atomic E-state index is 13.7. The van der Waals surface area contributed by atoms with Crippen LogP contribution in [0.3, 0.4) is 0 Å². The summed E-state index contributed by atoms with van der Waals surface area (Å²) in [5, 5.41) is 7.44. The largest absolute Gasteiger partial charge is 0.489 e. The molecule has 2 N–H and O–H groups in total. The van der Waals surface area contributed by atoms with Crippen LogP contribution in [-0.4, -0.2) is 37.7 Å². The number of amides is 2. The maximum atomic E-state index is 13.7. The number of hydrogen-bond donors (Lipinski definition) is 2. The van der Waals surface area contributed by atoms with Gasteiger partial charge >= 0.3 is 0 Å². The Morgan fingerprint density at radius 2 is 1.91 bits per heavy atom. The molecule has 1 saturated heterocycles. The summed E-state index contributed by atoms with van der Waals surface area (Å²) in [6.45, 7) is 1.21. The van der Waals surface area contributed by atoms with E-state index in [-0.39, 0.29) is 36.6 Å². The summed E-state index contributed by atoms with van der Waals surface area (Å²) < 4.78 is 25.0. The van der Waals surface area contributed by atoms with Gasteiger partial charge in [-0.3, -0.25) is 9.59 Å². The summed E-state index contributed by atoms with van der Waals surface area (Å²) in [6, 6.07) is 17.2. The SMILES string of the molecule is O=C(CCNC(=O)c1ccc2ccccc2c1)Nc1cc(F)ccc1OCC1CCCO1. The molecule has 6 nitrogen and oxygen atoms in total. The Morgan fingerprint density at radius 3 is 2.72 bits per heavy atom. The van der Waals surface area contributed by atoms with Crippen molar-refractivity contribution in [2.24, 2.45) is 0 Å². The van der Waals surface area contributed by atoms with E-state index in [1.165, 1.54) is 18.2 Å². The molecule has 0 radical (unpaired) electrons. The van der Waals surface area contributed by atoms with E-state index in [4.69, 9.17) is 9.47 Å². The van der Waals surface area contributed by atoms with E-state index in [0.717, 1.165) is 23.6 Å². The van der Waals surface area contributed by atoms with Gasteiger partial charge < -0.3 is 20.1 Å². The number of carbonyl (C=O) groups is 2. The number of nitrogens with one attached hydrogen (secondary N) is 2. The van der Waals surface area contributed by atoms with Crippen LogP contribution in [0.25, 0.3) is 10.8 Å². The molecular formula is C25H25FN2O4. The van der Waals surface area contributed by atoms with Crippen molar-refractivity contribution in [2.75, 3.05) is 25.1 Å². The van der Waals surface area contributed by atoms with Crippen molar-refractivity contribution in [3.8, 4) is 5.75 Å². The lowest BCUT2D eigenvalue weighted by molar-refractivity contribution is -0.116. The number of carbonyl (C=O) groups excluding carboxylic acids is 2. The quantitative estimate of drug-likeness (QED) is 0.552. The third-order valence-electron chi connectivity index (χ3n) is 5.31. The Kier molecular flexibility index (Phi) is 6.97. The van der Waals surface area contributed by atoms with Crippen molar-refractivity contribution in [2.45, 2.75) is 25.4 Å². The van der Waals surface area contributed by atoms with Crippen molar-refractivity contribution < 1.29 is 23.5 Å². The molecule has 1 fully saturated rings. The fraction of sp³-hybridized carbons (Fsp3) is 0.280. The monoisotopic (exact) mass is 436 g/mol. The first-order valence-corrected chi connectivity index (χ1v) is 10.7. The van der Waals surface area contributed by atoms with Crippen LogP contribution in [0.5, 0.6) is 5.75 Å². The van der Waals surface area contributed by atoms with Crippen LogP contribution < -0.4 is 15.4 Å². The molecule has 1 aliphatic rings. The molecule has 0 bridgehead atoms. The fourth-order valence-corrected chi connectivity index (χ4v) is 3.62. The molecule has 0 saturated carbocycles. The minimum atomic E-state index is -0.477. The van der Waals surface area contributed by atoms with Crippen LogP contribution in [0.1, 0.15) is 29.6 Å².